The Balaban J connectivity index is 1.68. The van der Waals surface area contributed by atoms with E-state index in [4.69, 9.17) is 5.73 Å². The summed E-state index contributed by atoms with van der Waals surface area (Å²) < 4.78 is 0. The molecule has 0 aliphatic carbocycles. The van der Waals surface area contributed by atoms with E-state index in [0.717, 1.165) is 16.5 Å². The molecule has 1 heterocycles. The first-order valence-corrected chi connectivity index (χ1v) is 8.04. The second kappa shape index (κ2) is 6.71. The summed E-state index contributed by atoms with van der Waals surface area (Å²) in [6, 6.07) is 14.1. The van der Waals surface area contributed by atoms with Gasteiger partial charge in [0, 0.05) is 11.8 Å². The minimum absolute atomic E-state index is 0.115. The van der Waals surface area contributed by atoms with Gasteiger partial charge in [0.05, 0.1) is 5.52 Å². The summed E-state index contributed by atoms with van der Waals surface area (Å²) in [5, 5.41) is 7.71. The number of nitrogen functional groups attached to an aromatic ring is 1. The van der Waals surface area contributed by atoms with Crippen molar-refractivity contribution in [2.75, 3.05) is 5.73 Å². The largest absolute Gasteiger partial charge is 0.382 e. The molecule has 3 rings (SSSR count). The Morgan fingerprint density at radius 2 is 2.12 bits per heavy atom. The SMILES string of the molecule is Cc1cccc(C(C)CC(=O)/C=C/c2ccc3[nH]nc(N)c3c2)c1. The number of nitrogens with one attached hydrogen (secondary N) is 1. The van der Waals surface area contributed by atoms with Gasteiger partial charge >= 0.3 is 0 Å². The van der Waals surface area contributed by atoms with Crippen LogP contribution >= 0.6 is 0 Å². The van der Waals surface area contributed by atoms with E-state index in [1.165, 1.54) is 11.1 Å². The molecule has 122 valence electrons. The molecule has 3 N–H and O–H groups in total. The van der Waals surface area contributed by atoms with E-state index in [2.05, 4.69) is 42.2 Å². The predicted molar refractivity (Wildman–Crippen MR) is 98.8 cm³/mol. The lowest BCUT2D eigenvalue weighted by Crippen LogP contribution is -2.01. The van der Waals surface area contributed by atoms with Crippen LogP contribution in [-0.4, -0.2) is 16.0 Å². The van der Waals surface area contributed by atoms with Gasteiger partial charge in [-0.15, -0.1) is 0 Å². The van der Waals surface area contributed by atoms with Gasteiger partial charge in [-0.2, -0.15) is 5.10 Å². The number of carbonyl (C=O) groups is 1. The van der Waals surface area contributed by atoms with Crippen molar-refractivity contribution in [2.24, 2.45) is 0 Å². The Hall–Kier alpha value is -2.88. The molecule has 0 fully saturated rings. The summed E-state index contributed by atoms with van der Waals surface area (Å²) >= 11 is 0. The Morgan fingerprint density at radius 1 is 1.29 bits per heavy atom. The van der Waals surface area contributed by atoms with E-state index < -0.39 is 0 Å². The van der Waals surface area contributed by atoms with Crippen LogP contribution in [0.1, 0.15) is 36.0 Å². The zero-order chi connectivity index (χ0) is 17.1. The van der Waals surface area contributed by atoms with Crippen LogP contribution in [0.25, 0.3) is 17.0 Å². The first kappa shape index (κ1) is 16.0. The summed E-state index contributed by atoms with van der Waals surface area (Å²) in [6.07, 6.45) is 3.97. The number of allylic oxidation sites excluding steroid dienone is 1. The normalized spacial score (nSPS) is 12.8. The molecule has 0 aliphatic rings. The van der Waals surface area contributed by atoms with Crippen LogP contribution in [-0.2, 0) is 4.79 Å². The molecule has 1 unspecified atom stereocenters. The molecule has 3 aromatic rings. The smallest absolute Gasteiger partial charge is 0.156 e. The van der Waals surface area contributed by atoms with Crippen LogP contribution in [0.15, 0.2) is 48.5 Å². The van der Waals surface area contributed by atoms with Crippen LogP contribution in [0.4, 0.5) is 5.82 Å². The van der Waals surface area contributed by atoms with Gasteiger partial charge in [0.15, 0.2) is 11.6 Å². The van der Waals surface area contributed by atoms with Gasteiger partial charge in [-0.05, 0) is 42.2 Å². The molecule has 1 atom stereocenters. The first-order valence-electron chi connectivity index (χ1n) is 8.04. The maximum absolute atomic E-state index is 12.2. The van der Waals surface area contributed by atoms with Crippen molar-refractivity contribution in [1.82, 2.24) is 10.2 Å². The molecule has 1 aromatic heterocycles. The molecule has 0 saturated carbocycles. The third-order valence-corrected chi connectivity index (χ3v) is 4.20. The standard InChI is InChI=1S/C20H21N3O/c1-13-4-3-5-16(10-13)14(2)11-17(24)8-6-15-7-9-19-18(12-15)20(21)23-22-19/h3-10,12,14H,11H2,1-2H3,(H3,21,22,23)/b8-6+. The number of aromatic amines is 1. The lowest BCUT2D eigenvalue weighted by atomic mass is 9.94. The number of hydrogen-bond donors (Lipinski definition) is 2. The summed E-state index contributed by atoms with van der Waals surface area (Å²) in [5.74, 6) is 0.790. The highest BCUT2D eigenvalue weighted by Crippen LogP contribution is 2.22. The second-order valence-corrected chi connectivity index (χ2v) is 6.23. The van der Waals surface area contributed by atoms with Crippen molar-refractivity contribution in [1.29, 1.82) is 0 Å². The van der Waals surface area contributed by atoms with Gasteiger partial charge < -0.3 is 5.73 Å². The summed E-state index contributed by atoms with van der Waals surface area (Å²) in [5.41, 5.74) is 10.1. The maximum Gasteiger partial charge on any atom is 0.156 e. The maximum atomic E-state index is 12.2. The van der Waals surface area contributed by atoms with Crippen molar-refractivity contribution in [2.45, 2.75) is 26.2 Å². The van der Waals surface area contributed by atoms with Crippen LogP contribution < -0.4 is 5.73 Å². The fraction of sp³-hybridized carbons (Fsp3) is 0.200. The minimum atomic E-state index is 0.115. The molecule has 4 heteroatoms. The van der Waals surface area contributed by atoms with Crippen LogP contribution in [0, 0.1) is 6.92 Å². The van der Waals surface area contributed by atoms with Crippen molar-refractivity contribution in [3.05, 3.63) is 65.2 Å². The lowest BCUT2D eigenvalue weighted by Gasteiger charge is -2.10. The number of aromatic nitrogens is 2. The number of carbonyl (C=O) groups excluding carboxylic acids is 1. The first-order chi connectivity index (χ1) is 11.5. The zero-order valence-corrected chi connectivity index (χ0v) is 13.9. The van der Waals surface area contributed by atoms with Gasteiger partial charge in [-0.1, -0.05) is 48.9 Å². The van der Waals surface area contributed by atoms with Gasteiger partial charge in [0.1, 0.15) is 0 Å². The van der Waals surface area contributed by atoms with Crippen molar-refractivity contribution in [3.8, 4) is 0 Å². The van der Waals surface area contributed by atoms with E-state index in [9.17, 15) is 4.79 Å². The summed E-state index contributed by atoms with van der Waals surface area (Å²) in [7, 11) is 0. The van der Waals surface area contributed by atoms with E-state index in [-0.39, 0.29) is 11.7 Å². The summed E-state index contributed by atoms with van der Waals surface area (Å²) in [6.45, 7) is 4.15. The number of anilines is 1. The topological polar surface area (TPSA) is 71.8 Å². The van der Waals surface area contributed by atoms with Crippen LogP contribution in [0.3, 0.4) is 0 Å². The van der Waals surface area contributed by atoms with E-state index in [0.29, 0.717) is 12.2 Å². The van der Waals surface area contributed by atoms with Crippen molar-refractivity contribution < 1.29 is 4.79 Å². The number of fused-ring (bicyclic) bond motifs is 1. The van der Waals surface area contributed by atoms with Gasteiger partial charge in [0.2, 0.25) is 0 Å². The number of ketones is 1. The quantitative estimate of drug-likeness (QED) is 0.691. The molecule has 2 aromatic carbocycles. The highest BCUT2D eigenvalue weighted by atomic mass is 16.1. The van der Waals surface area contributed by atoms with E-state index in [1.807, 2.05) is 30.3 Å². The summed E-state index contributed by atoms with van der Waals surface area (Å²) in [4.78, 5) is 12.2. The fourth-order valence-corrected chi connectivity index (χ4v) is 2.81. The number of hydrogen-bond acceptors (Lipinski definition) is 3. The molecule has 0 amide bonds. The molecule has 0 spiro atoms. The monoisotopic (exact) mass is 319 g/mol. The Labute approximate surface area is 141 Å². The van der Waals surface area contributed by atoms with Crippen LogP contribution in [0.2, 0.25) is 0 Å². The van der Waals surface area contributed by atoms with Crippen molar-refractivity contribution in [3.63, 3.8) is 0 Å². The number of H-pyrrole nitrogens is 1. The van der Waals surface area contributed by atoms with Gasteiger partial charge in [0.25, 0.3) is 0 Å². The molecule has 24 heavy (non-hydrogen) atoms. The Bertz CT molecular complexity index is 908. The lowest BCUT2D eigenvalue weighted by molar-refractivity contribution is -0.114. The second-order valence-electron chi connectivity index (χ2n) is 6.23. The highest BCUT2D eigenvalue weighted by molar-refractivity contribution is 5.95. The minimum Gasteiger partial charge on any atom is -0.382 e. The molecule has 0 saturated heterocycles. The van der Waals surface area contributed by atoms with Crippen LogP contribution in [0.5, 0.6) is 0 Å². The molecular weight excluding hydrogens is 298 g/mol. The van der Waals surface area contributed by atoms with E-state index in [1.54, 1.807) is 6.08 Å². The zero-order valence-electron chi connectivity index (χ0n) is 13.9. The van der Waals surface area contributed by atoms with Gasteiger partial charge in [-0.25, -0.2) is 0 Å². The van der Waals surface area contributed by atoms with E-state index >= 15 is 0 Å². The van der Waals surface area contributed by atoms with Gasteiger partial charge in [-0.3, -0.25) is 9.89 Å². The number of rotatable bonds is 5. The third-order valence-electron chi connectivity index (χ3n) is 4.20. The fourth-order valence-electron chi connectivity index (χ4n) is 2.81. The Kier molecular flexibility index (Phi) is 4.47. The number of nitrogens with zero attached hydrogens (tertiary/aromatic N) is 1. The molecule has 0 aliphatic heterocycles. The predicted octanol–water partition coefficient (Wildman–Crippen LogP) is 4.23. The number of benzene rings is 2. The average Bonchev–Trinajstić information content (AvgIpc) is 2.94. The number of aryl methyl sites for hydroxylation is 1. The molecule has 0 radical (unpaired) electrons. The average molecular weight is 319 g/mol. The molecule has 0 bridgehead atoms. The number of nitrogens with two attached hydrogens (primary N) is 1. The van der Waals surface area contributed by atoms with Crippen molar-refractivity contribution >= 4 is 28.6 Å². The third kappa shape index (κ3) is 3.54. The Morgan fingerprint density at radius 3 is 2.92 bits per heavy atom. The molecule has 4 nitrogen and oxygen atoms in total. The highest BCUT2D eigenvalue weighted by Gasteiger charge is 2.09. The molecular formula is C20H21N3O.